The SMILES string of the molecule is O=C(C1CCN(S(=O)(=O)Cc2cccc(Br)c2)CC1)N1CCCc2ccccc21. The van der Waals surface area contributed by atoms with E-state index in [2.05, 4.69) is 22.0 Å². The van der Waals surface area contributed by atoms with Crippen LogP contribution in [-0.4, -0.2) is 38.3 Å². The number of piperidine rings is 1. The lowest BCUT2D eigenvalue weighted by Gasteiger charge is -2.36. The Hall–Kier alpha value is -1.70. The molecule has 0 radical (unpaired) electrons. The number of carbonyl (C=O) groups excluding carboxylic acids is 1. The van der Waals surface area contributed by atoms with E-state index < -0.39 is 10.0 Å². The molecule has 0 N–H and O–H groups in total. The summed E-state index contributed by atoms with van der Waals surface area (Å²) in [6, 6.07) is 15.5. The molecule has 2 aromatic rings. The molecule has 1 fully saturated rings. The second-order valence-corrected chi connectivity index (χ2v) is 10.7. The van der Waals surface area contributed by atoms with E-state index >= 15 is 0 Å². The monoisotopic (exact) mass is 476 g/mol. The molecule has 5 nitrogen and oxygen atoms in total. The smallest absolute Gasteiger partial charge is 0.230 e. The third-order valence-corrected chi connectivity index (χ3v) is 8.15. The minimum absolute atomic E-state index is 0.00937. The van der Waals surface area contributed by atoms with Gasteiger partial charge in [0, 0.05) is 35.7 Å². The molecular weight excluding hydrogens is 452 g/mol. The minimum Gasteiger partial charge on any atom is -0.312 e. The molecule has 0 saturated carbocycles. The van der Waals surface area contributed by atoms with Crippen LogP contribution < -0.4 is 4.90 Å². The Morgan fingerprint density at radius 3 is 2.55 bits per heavy atom. The number of fused-ring (bicyclic) bond motifs is 1. The molecule has 29 heavy (non-hydrogen) atoms. The van der Waals surface area contributed by atoms with Crippen molar-refractivity contribution in [3.05, 3.63) is 64.1 Å². The Morgan fingerprint density at radius 2 is 1.79 bits per heavy atom. The number of hydrogen-bond acceptors (Lipinski definition) is 3. The zero-order chi connectivity index (χ0) is 20.4. The summed E-state index contributed by atoms with van der Waals surface area (Å²) in [5.41, 5.74) is 3.01. The predicted octanol–water partition coefficient (Wildman–Crippen LogP) is 3.97. The Balaban J connectivity index is 1.40. The predicted molar refractivity (Wildman–Crippen MR) is 118 cm³/mol. The van der Waals surface area contributed by atoms with Crippen molar-refractivity contribution in [2.75, 3.05) is 24.5 Å². The molecule has 4 rings (SSSR count). The van der Waals surface area contributed by atoms with Gasteiger partial charge in [-0.05, 0) is 55.0 Å². The summed E-state index contributed by atoms with van der Waals surface area (Å²) in [6.45, 7) is 1.56. The summed E-state index contributed by atoms with van der Waals surface area (Å²) in [4.78, 5) is 15.1. The van der Waals surface area contributed by atoms with Crippen LogP contribution in [-0.2, 0) is 27.0 Å². The summed E-state index contributed by atoms with van der Waals surface area (Å²) in [7, 11) is -3.39. The normalized spacial score (nSPS) is 18.4. The lowest BCUT2D eigenvalue weighted by Crippen LogP contribution is -2.46. The number of hydrogen-bond donors (Lipinski definition) is 0. The molecular formula is C22H25BrN2O3S. The Morgan fingerprint density at radius 1 is 1.03 bits per heavy atom. The molecule has 2 aliphatic rings. The second-order valence-electron chi connectivity index (χ2n) is 7.78. The van der Waals surface area contributed by atoms with E-state index in [9.17, 15) is 13.2 Å². The van der Waals surface area contributed by atoms with Gasteiger partial charge in [0.1, 0.15) is 0 Å². The van der Waals surface area contributed by atoms with Crippen molar-refractivity contribution < 1.29 is 13.2 Å². The molecule has 1 saturated heterocycles. The van der Waals surface area contributed by atoms with E-state index in [0.717, 1.165) is 35.1 Å². The second kappa shape index (κ2) is 8.58. The molecule has 0 aliphatic carbocycles. The molecule has 1 amide bonds. The summed E-state index contributed by atoms with van der Waals surface area (Å²) in [5.74, 6) is 0.0181. The van der Waals surface area contributed by atoms with E-state index in [1.807, 2.05) is 47.4 Å². The molecule has 0 aromatic heterocycles. The van der Waals surface area contributed by atoms with Crippen LogP contribution in [0.1, 0.15) is 30.4 Å². The summed E-state index contributed by atoms with van der Waals surface area (Å²) in [5, 5.41) is 0. The quantitative estimate of drug-likeness (QED) is 0.670. The first kappa shape index (κ1) is 20.6. The minimum atomic E-state index is -3.39. The highest BCUT2D eigenvalue weighted by Gasteiger charge is 2.34. The zero-order valence-corrected chi connectivity index (χ0v) is 18.7. The van der Waals surface area contributed by atoms with Crippen LogP contribution in [0.4, 0.5) is 5.69 Å². The number of para-hydroxylation sites is 1. The van der Waals surface area contributed by atoms with E-state index in [1.165, 1.54) is 5.56 Å². The van der Waals surface area contributed by atoms with Crippen LogP contribution in [0.15, 0.2) is 53.0 Å². The van der Waals surface area contributed by atoms with Gasteiger partial charge in [0.2, 0.25) is 15.9 Å². The highest BCUT2D eigenvalue weighted by atomic mass is 79.9. The molecule has 2 heterocycles. The summed E-state index contributed by atoms with van der Waals surface area (Å²) in [6.07, 6.45) is 3.14. The molecule has 0 unspecified atom stereocenters. The molecule has 2 aromatic carbocycles. The van der Waals surface area contributed by atoms with Crippen LogP contribution in [0.3, 0.4) is 0 Å². The maximum absolute atomic E-state index is 13.2. The van der Waals surface area contributed by atoms with Gasteiger partial charge in [0.25, 0.3) is 0 Å². The topological polar surface area (TPSA) is 57.7 Å². The van der Waals surface area contributed by atoms with Gasteiger partial charge in [-0.1, -0.05) is 46.3 Å². The molecule has 0 bridgehead atoms. The van der Waals surface area contributed by atoms with Crippen LogP contribution in [0, 0.1) is 5.92 Å². The largest absolute Gasteiger partial charge is 0.312 e. The van der Waals surface area contributed by atoms with Gasteiger partial charge in [-0.25, -0.2) is 12.7 Å². The fraction of sp³-hybridized carbons (Fsp3) is 0.409. The van der Waals surface area contributed by atoms with Crippen molar-refractivity contribution in [3.63, 3.8) is 0 Å². The van der Waals surface area contributed by atoms with Crippen LogP contribution >= 0.6 is 15.9 Å². The molecule has 7 heteroatoms. The van der Waals surface area contributed by atoms with Crippen molar-refractivity contribution in [2.24, 2.45) is 5.92 Å². The van der Waals surface area contributed by atoms with Crippen molar-refractivity contribution >= 4 is 37.5 Å². The average Bonchev–Trinajstić information content (AvgIpc) is 2.72. The molecule has 0 spiro atoms. The van der Waals surface area contributed by atoms with E-state index in [1.54, 1.807) is 4.31 Å². The first-order chi connectivity index (χ1) is 13.9. The van der Waals surface area contributed by atoms with E-state index in [0.29, 0.717) is 25.9 Å². The van der Waals surface area contributed by atoms with Gasteiger partial charge >= 0.3 is 0 Å². The van der Waals surface area contributed by atoms with E-state index in [4.69, 9.17) is 0 Å². The maximum Gasteiger partial charge on any atom is 0.230 e. The molecule has 0 atom stereocenters. The summed E-state index contributed by atoms with van der Waals surface area (Å²) >= 11 is 3.39. The van der Waals surface area contributed by atoms with E-state index in [-0.39, 0.29) is 17.6 Å². The third kappa shape index (κ3) is 4.57. The van der Waals surface area contributed by atoms with Gasteiger partial charge in [0.05, 0.1) is 5.75 Å². The first-order valence-electron chi connectivity index (χ1n) is 10.1. The highest BCUT2D eigenvalue weighted by molar-refractivity contribution is 9.10. The highest BCUT2D eigenvalue weighted by Crippen LogP contribution is 2.31. The number of rotatable bonds is 4. The summed E-state index contributed by atoms with van der Waals surface area (Å²) < 4.78 is 28.1. The first-order valence-corrected chi connectivity index (χ1v) is 12.5. The van der Waals surface area contributed by atoms with Crippen molar-refractivity contribution in [3.8, 4) is 0 Å². The molecule has 154 valence electrons. The van der Waals surface area contributed by atoms with Crippen LogP contribution in [0.2, 0.25) is 0 Å². The Kier molecular flexibility index (Phi) is 6.08. The fourth-order valence-electron chi connectivity index (χ4n) is 4.29. The Labute approximate surface area is 180 Å². The number of benzene rings is 2. The van der Waals surface area contributed by atoms with Crippen LogP contribution in [0.5, 0.6) is 0 Å². The van der Waals surface area contributed by atoms with Gasteiger partial charge in [0.15, 0.2) is 0 Å². The van der Waals surface area contributed by atoms with Gasteiger partial charge in [-0.15, -0.1) is 0 Å². The zero-order valence-electron chi connectivity index (χ0n) is 16.3. The average molecular weight is 477 g/mol. The standard InChI is InChI=1S/C22H25BrN2O3S/c23-20-8-3-5-17(15-20)16-29(27,28)24-13-10-19(11-14-24)22(26)25-12-4-7-18-6-1-2-9-21(18)25/h1-3,5-6,8-9,15,19H,4,7,10-14,16H2. The third-order valence-electron chi connectivity index (χ3n) is 5.81. The van der Waals surface area contributed by atoms with Gasteiger partial charge in [-0.2, -0.15) is 0 Å². The van der Waals surface area contributed by atoms with Gasteiger partial charge < -0.3 is 4.90 Å². The van der Waals surface area contributed by atoms with Crippen molar-refractivity contribution in [2.45, 2.75) is 31.4 Å². The Bertz CT molecular complexity index is 1000. The number of aryl methyl sites for hydroxylation is 1. The number of halogens is 1. The number of anilines is 1. The number of sulfonamides is 1. The lowest BCUT2D eigenvalue weighted by atomic mass is 9.94. The fourth-order valence-corrected chi connectivity index (χ4v) is 6.29. The van der Waals surface area contributed by atoms with Crippen LogP contribution in [0.25, 0.3) is 0 Å². The number of amides is 1. The number of nitrogens with zero attached hydrogens (tertiary/aromatic N) is 2. The van der Waals surface area contributed by atoms with Crippen molar-refractivity contribution in [1.29, 1.82) is 0 Å². The maximum atomic E-state index is 13.2. The molecule has 2 aliphatic heterocycles. The lowest BCUT2D eigenvalue weighted by molar-refractivity contribution is -0.123. The van der Waals surface area contributed by atoms with Gasteiger partial charge in [-0.3, -0.25) is 4.79 Å². The van der Waals surface area contributed by atoms with Crippen molar-refractivity contribution in [1.82, 2.24) is 4.31 Å². The number of carbonyl (C=O) groups is 1.